The van der Waals surface area contributed by atoms with Crippen LogP contribution in [0.5, 0.6) is 0 Å². The number of nitrogens with zero attached hydrogens (tertiary/aromatic N) is 1. The molecular formula is C17H27F3N2O3. The molecule has 2 amide bonds. The van der Waals surface area contributed by atoms with E-state index in [2.05, 4.69) is 18.5 Å². The van der Waals surface area contributed by atoms with Crippen molar-refractivity contribution in [3.05, 3.63) is 24.3 Å². The second-order valence-electron chi connectivity index (χ2n) is 6.85. The van der Waals surface area contributed by atoms with Crippen molar-refractivity contribution in [2.75, 3.05) is 13.1 Å². The summed E-state index contributed by atoms with van der Waals surface area (Å²) in [4.78, 5) is 24.2. The fourth-order valence-corrected chi connectivity index (χ4v) is 1.92. The van der Waals surface area contributed by atoms with Crippen molar-refractivity contribution in [2.45, 2.75) is 58.9 Å². The van der Waals surface area contributed by atoms with Crippen LogP contribution in [0, 0.1) is 0 Å². The Hall–Kier alpha value is -1.99. The summed E-state index contributed by atoms with van der Waals surface area (Å²) in [5.41, 5.74) is 0.102. The number of carbonyl (C=O) groups is 2. The van der Waals surface area contributed by atoms with E-state index >= 15 is 0 Å². The van der Waals surface area contributed by atoms with Gasteiger partial charge in [-0.1, -0.05) is 31.2 Å². The molecule has 0 heterocycles. The lowest BCUT2D eigenvalue weighted by atomic mass is 10.1. The maximum absolute atomic E-state index is 12.8. The molecule has 25 heavy (non-hydrogen) atoms. The summed E-state index contributed by atoms with van der Waals surface area (Å²) in [6.45, 7) is 14.9. The minimum Gasteiger partial charge on any atom is -0.444 e. The fourth-order valence-electron chi connectivity index (χ4n) is 1.92. The van der Waals surface area contributed by atoms with E-state index in [0.717, 1.165) is 0 Å². The van der Waals surface area contributed by atoms with Gasteiger partial charge in [0.15, 0.2) is 0 Å². The summed E-state index contributed by atoms with van der Waals surface area (Å²) in [5.74, 6) is -1.99. The second-order valence-corrected chi connectivity index (χ2v) is 6.85. The Morgan fingerprint density at radius 3 is 2.08 bits per heavy atom. The molecule has 0 rings (SSSR count). The quantitative estimate of drug-likeness (QED) is 0.699. The topological polar surface area (TPSA) is 58.6 Å². The van der Waals surface area contributed by atoms with E-state index < -0.39 is 29.8 Å². The zero-order valence-electron chi connectivity index (χ0n) is 15.4. The van der Waals surface area contributed by atoms with Gasteiger partial charge in [0, 0.05) is 13.1 Å². The Morgan fingerprint density at radius 1 is 1.20 bits per heavy atom. The lowest BCUT2D eigenvalue weighted by molar-refractivity contribution is -0.185. The van der Waals surface area contributed by atoms with Crippen LogP contribution in [0.25, 0.3) is 0 Å². The number of alkyl carbamates (subject to hydrolysis) is 1. The summed E-state index contributed by atoms with van der Waals surface area (Å²) in [7, 11) is 0. The highest BCUT2D eigenvalue weighted by Gasteiger charge is 2.43. The van der Waals surface area contributed by atoms with Crippen molar-refractivity contribution in [2.24, 2.45) is 0 Å². The number of alkyl halides is 3. The zero-order valence-corrected chi connectivity index (χ0v) is 15.4. The maximum Gasteiger partial charge on any atom is 0.471 e. The Kier molecular flexibility index (Phi) is 8.21. The van der Waals surface area contributed by atoms with E-state index in [9.17, 15) is 22.8 Å². The van der Waals surface area contributed by atoms with Crippen LogP contribution in [0.2, 0.25) is 0 Å². The van der Waals surface area contributed by atoms with Crippen LogP contribution in [0.4, 0.5) is 18.0 Å². The normalized spacial score (nSPS) is 13.0. The number of carbonyl (C=O) groups excluding carboxylic acids is 2. The van der Waals surface area contributed by atoms with Crippen molar-refractivity contribution in [1.82, 2.24) is 10.2 Å². The van der Waals surface area contributed by atoms with Gasteiger partial charge in [-0.3, -0.25) is 4.79 Å². The summed E-state index contributed by atoms with van der Waals surface area (Å²) in [5, 5.41) is 2.48. The van der Waals surface area contributed by atoms with Crippen molar-refractivity contribution < 1.29 is 27.5 Å². The predicted molar refractivity (Wildman–Crippen MR) is 90.0 cm³/mol. The van der Waals surface area contributed by atoms with E-state index in [1.165, 1.54) is 6.92 Å². The minimum absolute atomic E-state index is 0.276. The van der Waals surface area contributed by atoms with Crippen LogP contribution in [0.15, 0.2) is 24.3 Å². The lowest BCUT2D eigenvalue weighted by Crippen LogP contribution is -2.51. The van der Waals surface area contributed by atoms with E-state index in [0.29, 0.717) is 22.5 Å². The van der Waals surface area contributed by atoms with Gasteiger partial charge < -0.3 is 15.0 Å². The molecule has 0 aliphatic heterocycles. The molecule has 0 aromatic carbocycles. The van der Waals surface area contributed by atoms with Crippen LogP contribution in [-0.2, 0) is 9.53 Å². The number of nitrogens with one attached hydrogen (secondary N) is 1. The van der Waals surface area contributed by atoms with Gasteiger partial charge in [0.2, 0.25) is 0 Å². The van der Waals surface area contributed by atoms with Gasteiger partial charge in [-0.05, 0) is 34.1 Å². The molecule has 0 aliphatic rings. The van der Waals surface area contributed by atoms with Crippen LogP contribution >= 0.6 is 0 Å². The highest BCUT2D eigenvalue weighted by atomic mass is 19.4. The van der Waals surface area contributed by atoms with Crippen molar-refractivity contribution in [3.63, 3.8) is 0 Å². The van der Waals surface area contributed by atoms with Crippen LogP contribution in [0.3, 0.4) is 0 Å². The van der Waals surface area contributed by atoms with E-state index in [4.69, 9.17) is 4.74 Å². The molecular weight excluding hydrogens is 337 g/mol. The molecule has 0 unspecified atom stereocenters. The summed E-state index contributed by atoms with van der Waals surface area (Å²) in [6, 6.07) is -0.870. The first-order valence-electron chi connectivity index (χ1n) is 7.85. The number of hydrogen-bond acceptors (Lipinski definition) is 3. The smallest absolute Gasteiger partial charge is 0.444 e. The number of halogens is 3. The average molecular weight is 364 g/mol. The molecule has 0 aromatic rings. The third-order valence-electron chi connectivity index (χ3n) is 3.03. The highest BCUT2D eigenvalue weighted by molar-refractivity contribution is 5.82. The number of hydrogen-bond donors (Lipinski definition) is 1. The largest absolute Gasteiger partial charge is 0.471 e. The number of amides is 2. The van der Waals surface area contributed by atoms with E-state index in [1.807, 2.05) is 0 Å². The zero-order chi connectivity index (χ0) is 20.0. The average Bonchev–Trinajstić information content (AvgIpc) is 2.40. The maximum atomic E-state index is 12.8. The highest BCUT2D eigenvalue weighted by Crippen LogP contribution is 2.20. The molecule has 0 fully saturated rings. The third kappa shape index (κ3) is 9.16. The molecule has 144 valence electrons. The van der Waals surface area contributed by atoms with Gasteiger partial charge in [0.05, 0.1) is 6.04 Å². The van der Waals surface area contributed by atoms with E-state index in [-0.39, 0.29) is 13.1 Å². The first kappa shape index (κ1) is 23.0. The minimum atomic E-state index is -5.01. The number of rotatable bonds is 7. The molecule has 1 N–H and O–H groups in total. The molecule has 0 radical (unpaired) electrons. The number of ether oxygens (including phenoxy) is 1. The van der Waals surface area contributed by atoms with Gasteiger partial charge in [0.1, 0.15) is 5.60 Å². The standard InChI is InChI=1S/C17H27F3N2O3/c1-8-12(4)13(21-15(24)25-16(5,6)7)10-22(9-11(2)3)14(23)17(18,19)20/h13H,2,4,8-10H2,1,3,5-7H3,(H,21,24)/t13-/m1/s1. The summed E-state index contributed by atoms with van der Waals surface area (Å²) < 4.78 is 43.6. The van der Waals surface area contributed by atoms with Gasteiger partial charge in [-0.2, -0.15) is 13.2 Å². The van der Waals surface area contributed by atoms with Crippen LogP contribution < -0.4 is 5.32 Å². The fraction of sp³-hybridized carbons (Fsp3) is 0.647. The van der Waals surface area contributed by atoms with Crippen molar-refractivity contribution in [3.8, 4) is 0 Å². The van der Waals surface area contributed by atoms with Gasteiger partial charge in [-0.15, -0.1) is 0 Å². The van der Waals surface area contributed by atoms with E-state index in [1.54, 1.807) is 27.7 Å². The first-order valence-corrected chi connectivity index (χ1v) is 7.85. The molecule has 8 heteroatoms. The molecule has 0 aromatic heterocycles. The Balaban J connectivity index is 5.35. The van der Waals surface area contributed by atoms with Gasteiger partial charge in [0.25, 0.3) is 0 Å². The molecule has 0 saturated heterocycles. The first-order chi connectivity index (χ1) is 11.2. The molecule has 0 spiro atoms. The van der Waals surface area contributed by atoms with Crippen molar-refractivity contribution in [1.29, 1.82) is 0 Å². The Morgan fingerprint density at radius 2 is 1.72 bits per heavy atom. The molecule has 0 bridgehead atoms. The SMILES string of the molecule is C=C(C)CN(C[C@@H](NC(=O)OC(C)(C)C)C(=C)CC)C(=O)C(F)(F)F. The summed E-state index contributed by atoms with van der Waals surface area (Å²) in [6.07, 6.45) is -5.39. The third-order valence-corrected chi connectivity index (χ3v) is 3.03. The molecule has 1 atom stereocenters. The molecule has 0 saturated carbocycles. The summed E-state index contributed by atoms with van der Waals surface area (Å²) >= 11 is 0. The van der Waals surface area contributed by atoms with Gasteiger partial charge >= 0.3 is 18.2 Å². The Labute approximate surface area is 146 Å². The Bertz CT molecular complexity index is 522. The lowest BCUT2D eigenvalue weighted by Gasteiger charge is -2.30. The van der Waals surface area contributed by atoms with Crippen LogP contribution in [0.1, 0.15) is 41.0 Å². The second kappa shape index (κ2) is 8.92. The van der Waals surface area contributed by atoms with Crippen LogP contribution in [-0.4, -0.2) is 47.8 Å². The molecule has 5 nitrogen and oxygen atoms in total. The molecule has 0 aliphatic carbocycles. The van der Waals surface area contributed by atoms with Crippen molar-refractivity contribution >= 4 is 12.0 Å². The monoisotopic (exact) mass is 364 g/mol. The predicted octanol–water partition coefficient (Wildman–Crippen LogP) is 3.81. The van der Waals surface area contributed by atoms with Gasteiger partial charge in [-0.25, -0.2) is 4.79 Å².